The molecule has 0 spiro atoms. The molecule has 0 aliphatic heterocycles. The molecule has 37 heavy (non-hydrogen) atoms. The Morgan fingerprint density at radius 2 is 1.54 bits per heavy atom. The van der Waals surface area contributed by atoms with Crippen molar-refractivity contribution in [3.63, 3.8) is 0 Å². The maximum Gasteiger partial charge on any atom is 0.243 e. The van der Waals surface area contributed by atoms with E-state index in [2.05, 4.69) is 5.32 Å². The van der Waals surface area contributed by atoms with Crippen LogP contribution >= 0.6 is 11.8 Å². The van der Waals surface area contributed by atoms with Gasteiger partial charge in [-0.2, -0.15) is 0 Å². The fourth-order valence-corrected chi connectivity index (χ4v) is 4.72. The van der Waals surface area contributed by atoms with Crippen molar-refractivity contribution >= 4 is 23.6 Å². The summed E-state index contributed by atoms with van der Waals surface area (Å²) in [6.45, 7) is 5.96. The number of nitrogens with zero attached hydrogens (tertiary/aromatic N) is 1. The zero-order valence-electron chi connectivity index (χ0n) is 21.9. The van der Waals surface area contributed by atoms with Crippen LogP contribution in [0.1, 0.15) is 37.5 Å². The molecular formula is C30H35FN2O3S. The largest absolute Gasteiger partial charge is 0.497 e. The molecule has 0 aliphatic rings. The predicted molar refractivity (Wildman–Crippen MR) is 148 cm³/mol. The van der Waals surface area contributed by atoms with Crippen molar-refractivity contribution in [2.75, 3.05) is 12.9 Å². The molecule has 0 heterocycles. The molecule has 0 unspecified atom stereocenters. The van der Waals surface area contributed by atoms with Gasteiger partial charge in [-0.1, -0.05) is 54.6 Å². The van der Waals surface area contributed by atoms with Crippen molar-refractivity contribution in [2.45, 2.75) is 51.1 Å². The van der Waals surface area contributed by atoms with E-state index in [0.29, 0.717) is 12.2 Å². The van der Waals surface area contributed by atoms with Gasteiger partial charge in [-0.05, 0) is 61.7 Å². The van der Waals surface area contributed by atoms with Gasteiger partial charge in [-0.25, -0.2) is 4.39 Å². The molecule has 3 rings (SSSR count). The van der Waals surface area contributed by atoms with E-state index in [0.717, 1.165) is 22.4 Å². The van der Waals surface area contributed by atoms with Crippen molar-refractivity contribution < 1.29 is 18.7 Å². The fraction of sp³-hybridized carbons (Fsp3) is 0.333. The highest BCUT2D eigenvalue weighted by Gasteiger charge is 2.32. The summed E-state index contributed by atoms with van der Waals surface area (Å²) in [7, 11) is 1.62. The summed E-state index contributed by atoms with van der Waals surface area (Å²) in [5.74, 6) is 0.936. The summed E-state index contributed by atoms with van der Waals surface area (Å²) < 4.78 is 18.8. The third-order valence-electron chi connectivity index (χ3n) is 5.69. The Morgan fingerprint density at radius 1 is 0.919 bits per heavy atom. The molecule has 0 saturated heterocycles. The number of ether oxygens (including phenoxy) is 1. The number of thioether (sulfide) groups is 1. The topological polar surface area (TPSA) is 58.6 Å². The molecule has 1 atom stereocenters. The summed E-state index contributed by atoms with van der Waals surface area (Å²) in [5, 5.41) is 3.05. The van der Waals surface area contributed by atoms with Gasteiger partial charge in [0.1, 0.15) is 17.6 Å². The molecule has 0 aliphatic carbocycles. The molecule has 0 fully saturated rings. The quantitative estimate of drug-likeness (QED) is 0.355. The standard InChI is InChI=1S/C30H35FN2O3S/c1-30(2,3)32-29(35)27(18-22-8-6-5-7-9-22)33(19-23-10-14-25(31)15-11-23)28(34)21-37-20-24-12-16-26(36-4)17-13-24/h5-17,27H,18-21H2,1-4H3,(H,32,35)/t27-/m0/s1. The third kappa shape index (κ3) is 9.25. The second kappa shape index (κ2) is 13.3. The van der Waals surface area contributed by atoms with Gasteiger partial charge in [0, 0.05) is 24.3 Å². The second-order valence-electron chi connectivity index (χ2n) is 9.93. The van der Waals surface area contributed by atoms with Crippen LogP contribution < -0.4 is 10.1 Å². The minimum Gasteiger partial charge on any atom is -0.497 e. The van der Waals surface area contributed by atoms with E-state index < -0.39 is 11.6 Å². The first-order chi connectivity index (χ1) is 17.6. The lowest BCUT2D eigenvalue weighted by Crippen LogP contribution is -2.54. The SMILES string of the molecule is COc1ccc(CSCC(=O)N(Cc2ccc(F)cc2)[C@@H](Cc2ccccc2)C(=O)NC(C)(C)C)cc1. The maximum absolute atomic E-state index is 13.6. The first-order valence-corrected chi connectivity index (χ1v) is 13.4. The number of amides is 2. The molecule has 1 N–H and O–H groups in total. The number of carbonyl (C=O) groups is 2. The molecule has 196 valence electrons. The highest BCUT2D eigenvalue weighted by Crippen LogP contribution is 2.20. The smallest absolute Gasteiger partial charge is 0.243 e. The Kier molecular flexibility index (Phi) is 10.1. The van der Waals surface area contributed by atoms with Gasteiger partial charge in [0.15, 0.2) is 0 Å². The van der Waals surface area contributed by atoms with E-state index in [1.807, 2.05) is 75.4 Å². The molecule has 3 aromatic rings. The van der Waals surface area contributed by atoms with E-state index >= 15 is 0 Å². The second-order valence-corrected chi connectivity index (χ2v) is 10.9. The Morgan fingerprint density at radius 3 is 2.14 bits per heavy atom. The minimum absolute atomic E-state index is 0.146. The monoisotopic (exact) mass is 522 g/mol. The normalized spacial score (nSPS) is 12.0. The number of methoxy groups -OCH3 is 1. The Labute approximate surface area is 223 Å². The number of benzene rings is 3. The van der Waals surface area contributed by atoms with E-state index in [4.69, 9.17) is 4.74 Å². The minimum atomic E-state index is -0.722. The number of halogens is 1. The van der Waals surface area contributed by atoms with Gasteiger partial charge in [0.05, 0.1) is 12.9 Å². The Bertz CT molecular complexity index is 1150. The van der Waals surface area contributed by atoms with Crippen molar-refractivity contribution in [1.82, 2.24) is 10.2 Å². The van der Waals surface area contributed by atoms with E-state index in [-0.39, 0.29) is 29.9 Å². The average Bonchev–Trinajstić information content (AvgIpc) is 2.87. The number of nitrogens with one attached hydrogen (secondary N) is 1. The lowest BCUT2D eigenvalue weighted by atomic mass is 10.0. The van der Waals surface area contributed by atoms with Crippen molar-refractivity contribution in [3.05, 3.63) is 101 Å². The first-order valence-electron chi connectivity index (χ1n) is 12.2. The van der Waals surface area contributed by atoms with E-state index in [9.17, 15) is 14.0 Å². The predicted octanol–water partition coefficient (Wildman–Crippen LogP) is 5.62. The van der Waals surface area contributed by atoms with Gasteiger partial charge in [0.25, 0.3) is 0 Å². The van der Waals surface area contributed by atoms with Crippen LogP contribution in [-0.4, -0.2) is 41.2 Å². The van der Waals surface area contributed by atoms with Gasteiger partial charge >= 0.3 is 0 Å². The van der Waals surface area contributed by atoms with Crippen LogP contribution in [0.3, 0.4) is 0 Å². The summed E-state index contributed by atoms with van der Waals surface area (Å²) in [6, 6.07) is 22.7. The molecule has 0 radical (unpaired) electrons. The maximum atomic E-state index is 13.6. The van der Waals surface area contributed by atoms with Crippen LogP contribution in [-0.2, 0) is 28.3 Å². The van der Waals surface area contributed by atoms with E-state index in [1.54, 1.807) is 24.1 Å². The van der Waals surface area contributed by atoms with Crippen molar-refractivity contribution in [3.8, 4) is 5.75 Å². The number of rotatable bonds is 11. The Hall–Kier alpha value is -3.32. The van der Waals surface area contributed by atoms with Crippen LogP contribution in [0.5, 0.6) is 5.75 Å². The molecule has 0 aromatic heterocycles. The van der Waals surface area contributed by atoms with Gasteiger partial charge < -0.3 is 15.0 Å². The highest BCUT2D eigenvalue weighted by molar-refractivity contribution is 7.99. The summed E-state index contributed by atoms with van der Waals surface area (Å²) in [5.41, 5.74) is 2.34. The lowest BCUT2D eigenvalue weighted by Gasteiger charge is -2.34. The van der Waals surface area contributed by atoms with Crippen molar-refractivity contribution in [1.29, 1.82) is 0 Å². The molecule has 0 bridgehead atoms. The first kappa shape index (κ1) is 28.3. The average molecular weight is 523 g/mol. The summed E-state index contributed by atoms with van der Waals surface area (Å²) in [6.07, 6.45) is 0.374. The molecule has 2 amide bonds. The molecular weight excluding hydrogens is 487 g/mol. The lowest BCUT2D eigenvalue weighted by molar-refractivity contribution is -0.140. The number of carbonyl (C=O) groups excluding carboxylic acids is 2. The summed E-state index contributed by atoms with van der Waals surface area (Å²) in [4.78, 5) is 28.8. The van der Waals surface area contributed by atoms with Crippen LogP contribution in [0.2, 0.25) is 0 Å². The van der Waals surface area contributed by atoms with Gasteiger partial charge in [-0.3, -0.25) is 9.59 Å². The number of hydrogen-bond donors (Lipinski definition) is 1. The molecule has 7 heteroatoms. The molecule has 5 nitrogen and oxygen atoms in total. The molecule has 0 saturated carbocycles. The van der Waals surface area contributed by atoms with Crippen molar-refractivity contribution in [2.24, 2.45) is 0 Å². The number of hydrogen-bond acceptors (Lipinski definition) is 4. The zero-order chi connectivity index (χ0) is 26.8. The van der Waals surface area contributed by atoms with Gasteiger partial charge in [0.2, 0.25) is 11.8 Å². The highest BCUT2D eigenvalue weighted by atomic mass is 32.2. The van der Waals surface area contributed by atoms with Gasteiger partial charge in [-0.15, -0.1) is 11.8 Å². The third-order valence-corrected chi connectivity index (χ3v) is 6.68. The van der Waals surface area contributed by atoms with Crippen LogP contribution in [0.4, 0.5) is 4.39 Å². The zero-order valence-corrected chi connectivity index (χ0v) is 22.7. The molecule has 3 aromatic carbocycles. The van der Waals surface area contributed by atoms with Crippen LogP contribution in [0.15, 0.2) is 78.9 Å². The summed E-state index contributed by atoms with van der Waals surface area (Å²) >= 11 is 1.49. The van der Waals surface area contributed by atoms with E-state index in [1.165, 1.54) is 23.9 Å². The van der Waals surface area contributed by atoms with Crippen LogP contribution in [0.25, 0.3) is 0 Å². The fourth-order valence-electron chi connectivity index (χ4n) is 3.85. The van der Waals surface area contributed by atoms with Crippen LogP contribution in [0, 0.1) is 5.82 Å². The Balaban J connectivity index is 1.84.